The van der Waals surface area contributed by atoms with Gasteiger partial charge in [0.2, 0.25) is 11.8 Å². The minimum atomic E-state index is -0.565. The van der Waals surface area contributed by atoms with Gasteiger partial charge in [-0.25, -0.2) is 0 Å². The van der Waals surface area contributed by atoms with Crippen molar-refractivity contribution in [1.82, 2.24) is 5.32 Å². The van der Waals surface area contributed by atoms with Crippen molar-refractivity contribution < 1.29 is 9.59 Å². The van der Waals surface area contributed by atoms with Gasteiger partial charge < -0.3 is 11.1 Å². The Kier molecular flexibility index (Phi) is 13.2. The van der Waals surface area contributed by atoms with Crippen molar-refractivity contribution in [1.29, 1.82) is 0 Å². The largest absolute Gasteiger partial charge is 0.368 e. The molecule has 0 aromatic heterocycles. The lowest BCUT2D eigenvalue weighted by Gasteiger charge is -2.09. The maximum Gasteiger partial charge on any atom is 0.239 e. The summed E-state index contributed by atoms with van der Waals surface area (Å²) in [6.45, 7) is 3.86. The van der Waals surface area contributed by atoms with Gasteiger partial charge in [0.25, 0.3) is 0 Å². The molecule has 0 saturated carbocycles. The molecule has 1 atom stereocenters. The van der Waals surface area contributed by atoms with E-state index in [-0.39, 0.29) is 5.91 Å². The molecule has 0 saturated heterocycles. The highest BCUT2D eigenvalue weighted by Crippen LogP contribution is 2.11. The molecular weight excluding hydrogens is 264 g/mol. The molecule has 0 spiro atoms. The zero-order chi connectivity index (χ0) is 15.9. The fourth-order valence-electron chi connectivity index (χ4n) is 2.33. The fourth-order valence-corrected chi connectivity index (χ4v) is 2.33. The molecule has 0 aromatic rings. The summed E-state index contributed by atoms with van der Waals surface area (Å²) < 4.78 is 0. The van der Waals surface area contributed by atoms with Crippen molar-refractivity contribution in [3.05, 3.63) is 0 Å². The molecule has 21 heavy (non-hydrogen) atoms. The van der Waals surface area contributed by atoms with Crippen LogP contribution in [0.25, 0.3) is 0 Å². The number of hydrogen-bond acceptors (Lipinski definition) is 2. The second-order valence-corrected chi connectivity index (χ2v) is 5.98. The number of carbonyl (C=O) groups excluding carboxylic acids is 2. The van der Waals surface area contributed by atoms with Crippen LogP contribution in [0.3, 0.4) is 0 Å². The van der Waals surface area contributed by atoms with Crippen LogP contribution in [0.15, 0.2) is 0 Å². The van der Waals surface area contributed by atoms with Crippen molar-refractivity contribution >= 4 is 11.8 Å². The molecule has 2 amide bonds. The number of nitrogens with one attached hydrogen (secondary N) is 1. The average Bonchev–Trinajstić information content (AvgIpc) is 2.44. The Labute approximate surface area is 130 Å². The highest BCUT2D eigenvalue weighted by Gasteiger charge is 2.11. The average molecular weight is 298 g/mol. The van der Waals surface area contributed by atoms with Crippen molar-refractivity contribution in [3.8, 4) is 0 Å². The van der Waals surface area contributed by atoms with E-state index >= 15 is 0 Å². The summed E-state index contributed by atoms with van der Waals surface area (Å²) in [5.74, 6) is -0.556. The second kappa shape index (κ2) is 13.9. The van der Waals surface area contributed by atoms with Gasteiger partial charge in [0.1, 0.15) is 6.04 Å². The molecule has 0 aliphatic carbocycles. The van der Waals surface area contributed by atoms with Gasteiger partial charge in [0.15, 0.2) is 0 Å². The van der Waals surface area contributed by atoms with Crippen LogP contribution in [0.5, 0.6) is 0 Å². The first-order valence-electron chi connectivity index (χ1n) is 8.66. The Morgan fingerprint density at radius 2 is 1.29 bits per heavy atom. The summed E-state index contributed by atoms with van der Waals surface area (Å²) in [6.07, 6.45) is 14.4. The topological polar surface area (TPSA) is 72.2 Å². The summed E-state index contributed by atoms with van der Waals surface area (Å²) >= 11 is 0. The van der Waals surface area contributed by atoms with Gasteiger partial charge in [0, 0.05) is 6.42 Å². The highest BCUT2D eigenvalue weighted by atomic mass is 16.2. The summed E-state index contributed by atoms with van der Waals surface area (Å²) in [6, 6.07) is -0.565. The zero-order valence-corrected chi connectivity index (χ0v) is 14.0. The van der Waals surface area contributed by atoms with Gasteiger partial charge in [0.05, 0.1) is 0 Å². The van der Waals surface area contributed by atoms with E-state index in [1.807, 2.05) is 0 Å². The monoisotopic (exact) mass is 298 g/mol. The van der Waals surface area contributed by atoms with E-state index in [0.29, 0.717) is 6.42 Å². The quantitative estimate of drug-likeness (QED) is 0.480. The number of carbonyl (C=O) groups is 2. The normalized spacial score (nSPS) is 12.1. The van der Waals surface area contributed by atoms with Gasteiger partial charge in [-0.05, 0) is 13.3 Å². The van der Waals surface area contributed by atoms with Crippen LogP contribution >= 0.6 is 0 Å². The molecule has 4 nitrogen and oxygen atoms in total. The molecule has 0 aromatic carbocycles. The van der Waals surface area contributed by atoms with Crippen LogP contribution in [-0.2, 0) is 9.59 Å². The molecule has 0 fully saturated rings. The summed E-state index contributed by atoms with van der Waals surface area (Å²) in [4.78, 5) is 22.3. The van der Waals surface area contributed by atoms with E-state index in [4.69, 9.17) is 5.73 Å². The van der Waals surface area contributed by atoms with Crippen LogP contribution in [0, 0.1) is 0 Å². The van der Waals surface area contributed by atoms with Gasteiger partial charge in [-0.3, -0.25) is 9.59 Å². The Morgan fingerprint density at radius 3 is 1.71 bits per heavy atom. The molecule has 0 radical (unpaired) electrons. The van der Waals surface area contributed by atoms with E-state index in [1.165, 1.54) is 57.8 Å². The van der Waals surface area contributed by atoms with Gasteiger partial charge in [-0.1, -0.05) is 71.1 Å². The number of rotatable bonds is 14. The first kappa shape index (κ1) is 19.9. The molecule has 4 heteroatoms. The Balaban J connectivity index is 3.25. The summed E-state index contributed by atoms with van der Waals surface area (Å²) in [7, 11) is 0. The number of nitrogens with two attached hydrogens (primary N) is 1. The zero-order valence-electron chi connectivity index (χ0n) is 14.0. The molecule has 0 unspecified atom stereocenters. The van der Waals surface area contributed by atoms with E-state index in [9.17, 15) is 9.59 Å². The third-order valence-electron chi connectivity index (χ3n) is 3.81. The van der Waals surface area contributed by atoms with Crippen LogP contribution in [-0.4, -0.2) is 17.9 Å². The maximum absolute atomic E-state index is 11.5. The Hall–Kier alpha value is -1.06. The standard InChI is InChI=1S/C17H34N2O2/c1-3-4-5-6-7-8-9-10-11-12-13-14-16(20)19-15(2)17(18)21/h15H,3-14H2,1-2H3,(H2,18,21)(H,19,20)/t15-/m0/s1. The fraction of sp³-hybridized carbons (Fsp3) is 0.882. The highest BCUT2D eigenvalue weighted by molar-refractivity contribution is 5.86. The molecule has 0 heterocycles. The van der Waals surface area contributed by atoms with Crippen LogP contribution in [0.2, 0.25) is 0 Å². The van der Waals surface area contributed by atoms with Crippen LogP contribution in [0.4, 0.5) is 0 Å². The Bertz CT molecular complexity index is 280. The number of amides is 2. The minimum absolute atomic E-state index is 0.0720. The van der Waals surface area contributed by atoms with Gasteiger partial charge in [-0.15, -0.1) is 0 Å². The second-order valence-electron chi connectivity index (χ2n) is 5.98. The maximum atomic E-state index is 11.5. The molecule has 0 bridgehead atoms. The van der Waals surface area contributed by atoms with Gasteiger partial charge in [-0.2, -0.15) is 0 Å². The van der Waals surface area contributed by atoms with Gasteiger partial charge >= 0.3 is 0 Å². The van der Waals surface area contributed by atoms with Crippen LogP contribution < -0.4 is 11.1 Å². The SMILES string of the molecule is CCCCCCCCCCCCCC(=O)N[C@@H](C)C(N)=O. The number of primary amides is 1. The molecule has 0 aliphatic rings. The molecule has 0 aliphatic heterocycles. The smallest absolute Gasteiger partial charge is 0.239 e. The Morgan fingerprint density at radius 1 is 0.857 bits per heavy atom. The van der Waals surface area contributed by atoms with E-state index in [0.717, 1.165) is 12.8 Å². The predicted octanol–water partition coefficient (Wildman–Crippen LogP) is 3.68. The molecular formula is C17H34N2O2. The lowest BCUT2D eigenvalue weighted by atomic mass is 10.1. The predicted molar refractivity (Wildman–Crippen MR) is 87.9 cm³/mol. The minimum Gasteiger partial charge on any atom is -0.368 e. The number of unbranched alkanes of at least 4 members (excludes halogenated alkanes) is 10. The lowest BCUT2D eigenvalue weighted by molar-refractivity contribution is -0.127. The third kappa shape index (κ3) is 13.7. The molecule has 0 rings (SSSR count). The van der Waals surface area contributed by atoms with E-state index in [2.05, 4.69) is 12.2 Å². The third-order valence-corrected chi connectivity index (χ3v) is 3.81. The van der Waals surface area contributed by atoms with E-state index < -0.39 is 11.9 Å². The van der Waals surface area contributed by atoms with Crippen molar-refractivity contribution in [2.24, 2.45) is 5.73 Å². The first-order valence-corrected chi connectivity index (χ1v) is 8.66. The summed E-state index contributed by atoms with van der Waals surface area (Å²) in [5.41, 5.74) is 5.09. The van der Waals surface area contributed by atoms with Crippen LogP contribution in [0.1, 0.15) is 90.9 Å². The first-order chi connectivity index (χ1) is 10.1. The van der Waals surface area contributed by atoms with Crippen molar-refractivity contribution in [3.63, 3.8) is 0 Å². The summed E-state index contributed by atoms with van der Waals surface area (Å²) in [5, 5.41) is 2.60. The van der Waals surface area contributed by atoms with Crippen molar-refractivity contribution in [2.45, 2.75) is 96.9 Å². The number of hydrogen-bond donors (Lipinski definition) is 2. The van der Waals surface area contributed by atoms with Crippen molar-refractivity contribution in [2.75, 3.05) is 0 Å². The molecule has 3 N–H and O–H groups in total. The molecule has 124 valence electrons. The van der Waals surface area contributed by atoms with E-state index in [1.54, 1.807) is 6.92 Å². The lowest BCUT2D eigenvalue weighted by Crippen LogP contribution is -2.42.